The van der Waals surface area contributed by atoms with Crippen LogP contribution < -0.4 is 20.7 Å². The Morgan fingerprint density at radius 3 is 2.48 bits per heavy atom. The lowest BCUT2D eigenvalue weighted by Crippen LogP contribution is -2.50. The van der Waals surface area contributed by atoms with Gasteiger partial charge in [0.1, 0.15) is 29.4 Å². The van der Waals surface area contributed by atoms with Crippen LogP contribution in [0.2, 0.25) is 0 Å². The summed E-state index contributed by atoms with van der Waals surface area (Å²) in [7, 11) is 7.23. The van der Waals surface area contributed by atoms with Gasteiger partial charge in [0.15, 0.2) is 11.6 Å². The van der Waals surface area contributed by atoms with Gasteiger partial charge in [0, 0.05) is 51.3 Å². The van der Waals surface area contributed by atoms with Crippen molar-refractivity contribution in [1.82, 2.24) is 30.2 Å². The quantitative estimate of drug-likeness (QED) is 0.265. The number of aromatic nitrogens is 3. The van der Waals surface area contributed by atoms with Crippen molar-refractivity contribution < 1.29 is 23.6 Å². The Balaban J connectivity index is 1.41. The van der Waals surface area contributed by atoms with Gasteiger partial charge in [-0.25, -0.2) is 4.98 Å². The van der Waals surface area contributed by atoms with Crippen LogP contribution in [0.1, 0.15) is 48.9 Å². The molecule has 1 aliphatic carbocycles. The van der Waals surface area contributed by atoms with Gasteiger partial charge in [-0.05, 0) is 37.1 Å². The minimum Gasteiger partial charge on any atom is -0.494 e. The van der Waals surface area contributed by atoms with E-state index in [1.807, 2.05) is 53.6 Å². The lowest BCUT2D eigenvalue weighted by atomic mass is 9.49. The van der Waals surface area contributed by atoms with Gasteiger partial charge >= 0.3 is 0 Å². The number of nitrogens with one attached hydrogen (secondary N) is 3. The highest BCUT2D eigenvalue weighted by Crippen LogP contribution is 2.39. The Bertz CT molecular complexity index is 1550. The molecule has 0 radical (unpaired) electrons. The average molecular weight is 598 g/mol. The molecule has 2 aliphatic rings. The molecule has 5 rings (SSSR count). The molecule has 1 atom stereocenters. The van der Waals surface area contributed by atoms with Crippen molar-refractivity contribution in [3.8, 4) is 17.2 Å². The molecule has 2 aromatic heterocycles. The molecular formula is C28H37B3N8O5. The molecule has 0 bridgehead atoms. The zero-order valence-corrected chi connectivity index (χ0v) is 26.1. The molecule has 3 N–H and O–H groups in total. The molecule has 228 valence electrons. The number of anilines is 3. The number of hydrogen-bond acceptors (Lipinski definition) is 10. The molecule has 0 spiro atoms. The molecule has 2 fully saturated rings. The highest BCUT2D eigenvalue weighted by Gasteiger charge is 2.31. The number of benzene rings is 1. The lowest BCUT2D eigenvalue weighted by molar-refractivity contribution is -0.130. The van der Waals surface area contributed by atoms with Crippen LogP contribution in [0.3, 0.4) is 0 Å². The van der Waals surface area contributed by atoms with Gasteiger partial charge in [-0.2, -0.15) is 4.98 Å². The number of piperazine rings is 1. The first kappa shape index (κ1) is 31.1. The number of para-hydroxylation sites is 1. The topological polar surface area (TPSA) is 155 Å². The molecule has 13 nitrogen and oxygen atoms in total. The molecule has 1 aliphatic heterocycles. The third kappa shape index (κ3) is 7.24. The minimum absolute atomic E-state index is 0.000939. The summed E-state index contributed by atoms with van der Waals surface area (Å²) in [4.78, 5) is 50.5. The van der Waals surface area contributed by atoms with Crippen LogP contribution in [-0.4, -0.2) is 105 Å². The van der Waals surface area contributed by atoms with Crippen molar-refractivity contribution >= 4 is 58.5 Å². The second-order valence-electron chi connectivity index (χ2n) is 12.3. The number of carbonyl (C=O) groups is 3. The standard InChI is InChI=1S/C28H37B3N8O5/c1-15(38-9-11-39(12-10-38)16(2)40)24-35-27(44-37-24)18-5-4-6-20(23(18)43-3)33-21-13-22(34-25(41)17-7-8-17)32-14-19(21)26(42)36-28(29,30)31/h4-6,13-15,17H,7-12,29-31H2,1-3H3,(H,36,42)(H2,32,33,34,41). The van der Waals surface area contributed by atoms with Crippen LogP contribution in [0.5, 0.6) is 5.75 Å². The van der Waals surface area contributed by atoms with E-state index in [1.54, 1.807) is 20.1 Å². The SMILES string of the molecule is BC(B)(B)NC(=O)c1cnc(NC(=O)C2CC2)cc1Nc1cccc(-c2nc(C(C)N3CCN(C(C)=O)CC3)no2)c1OC. The van der Waals surface area contributed by atoms with Gasteiger partial charge < -0.3 is 30.1 Å². The average Bonchev–Trinajstić information content (AvgIpc) is 3.72. The van der Waals surface area contributed by atoms with Crippen LogP contribution in [0.15, 0.2) is 35.0 Å². The van der Waals surface area contributed by atoms with E-state index in [2.05, 4.69) is 31.0 Å². The third-order valence-corrected chi connectivity index (χ3v) is 7.68. The number of hydrogen-bond donors (Lipinski definition) is 3. The monoisotopic (exact) mass is 598 g/mol. The number of nitrogens with zero attached hydrogens (tertiary/aromatic N) is 5. The van der Waals surface area contributed by atoms with Crippen molar-refractivity contribution in [2.75, 3.05) is 43.9 Å². The lowest BCUT2D eigenvalue weighted by Gasteiger charge is -2.36. The molecule has 3 amide bonds. The second kappa shape index (κ2) is 12.7. The fraction of sp³-hybridized carbons (Fsp3) is 0.429. The first-order chi connectivity index (χ1) is 20.9. The Kier molecular flexibility index (Phi) is 9.00. The summed E-state index contributed by atoms with van der Waals surface area (Å²) in [6.07, 6.45) is 3.17. The highest BCUT2D eigenvalue weighted by atomic mass is 16.5. The maximum Gasteiger partial charge on any atom is 0.261 e. The first-order valence-corrected chi connectivity index (χ1v) is 14.8. The number of carbonyl (C=O) groups excluding carboxylic acids is 3. The van der Waals surface area contributed by atoms with Gasteiger partial charge in [-0.15, -0.1) is 0 Å². The predicted octanol–water partition coefficient (Wildman–Crippen LogP) is -0.302. The molecule has 1 unspecified atom stereocenters. The number of rotatable bonds is 10. The molecule has 1 aromatic carbocycles. The van der Waals surface area contributed by atoms with E-state index in [9.17, 15) is 14.4 Å². The molecule has 1 saturated heterocycles. The summed E-state index contributed by atoms with van der Waals surface area (Å²) in [6.45, 7) is 6.34. The summed E-state index contributed by atoms with van der Waals surface area (Å²) in [5, 5.41) is 12.9. The number of pyridine rings is 1. The third-order valence-electron chi connectivity index (χ3n) is 7.68. The highest BCUT2D eigenvalue weighted by molar-refractivity contribution is 6.60. The summed E-state index contributed by atoms with van der Waals surface area (Å²) in [5.74, 6) is 1.27. The zero-order chi connectivity index (χ0) is 31.6. The van der Waals surface area contributed by atoms with E-state index < -0.39 is 5.24 Å². The van der Waals surface area contributed by atoms with Crippen molar-refractivity contribution in [2.24, 2.45) is 5.92 Å². The normalized spacial score (nSPS) is 16.2. The number of methoxy groups -OCH3 is 1. The van der Waals surface area contributed by atoms with Gasteiger partial charge in [-0.3, -0.25) is 19.3 Å². The second-order valence-corrected chi connectivity index (χ2v) is 12.3. The van der Waals surface area contributed by atoms with Crippen molar-refractivity contribution in [3.63, 3.8) is 0 Å². The Morgan fingerprint density at radius 1 is 1.11 bits per heavy atom. The Morgan fingerprint density at radius 2 is 1.84 bits per heavy atom. The molecule has 44 heavy (non-hydrogen) atoms. The summed E-state index contributed by atoms with van der Waals surface area (Å²) >= 11 is 0. The van der Waals surface area contributed by atoms with E-state index >= 15 is 0 Å². The molecular weight excluding hydrogens is 561 g/mol. The van der Waals surface area contributed by atoms with Crippen molar-refractivity contribution in [1.29, 1.82) is 0 Å². The maximum atomic E-state index is 13.2. The first-order valence-electron chi connectivity index (χ1n) is 14.8. The van der Waals surface area contributed by atoms with E-state index in [0.717, 1.165) is 12.8 Å². The van der Waals surface area contributed by atoms with E-state index in [1.165, 1.54) is 6.20 Å². The minimum atomic E-state index is -0.474. The van der Waals surface area contributed by atoms with Crippen LogP contribution in [0.25, 0.3) is 11.5 Å². The molecule has 16 heteroatoms. The Hall–Kier alpha value is -4.33. The predicted molar refractivity (Wildman–Crippen MR) is 173 cm³/mol. The van der Waals surface area contributed by atoms with Crippen LogP contribution in [0, 0.1) is 5.92 Å². The van der Waals surface area contributed by atoms with Crippen molar-refractivity contribution in [2.45, 2.75) is 38.0 Å². The Labute approximate surface area is 259 Å². The largest absolute Gasteiger partial charge is 0.494 e. The van der Waals surface area contributed by atoms with E-state index in [-0.39, 0.29) is 35.6 Å². The van der Waals surface area contributed by atoms with Gasteiger partial charge in [0.25, 0.3) is 11.8 Å². The van der Waals surface area contributed by atoms with E-state index in [4.69, 9.17) is 14.2 Å². The number of amides is 3. The van der Waals surface area contributed by atoms with Crippen LogP contribution >= 0.6 is 0 Å². The van der Waals surface area contributed by atoms with Crippen molar-refractivity contribution in [3.05, 3.63) is 41.9 Å². The van der Waals surface area contributed by atoms with Gasteiger partial charge in [0.05, 0.1) is 35.7 Å². The van der Waals surface area contributed by atoms with Gasteiger partial charge in [0.2, 0.25) is 11.8 Å². The molecule has 1 saturated carbocycles. The fourth-order valence-corrected chi connectivity index (χ4v) is 5.06. The summed E-state index contributed by atoms with van der Waals surface area (Å²) < 4.78 is 11.5. The molecule has 3 aromatic rings. The molecule has 3 heterocycles. The maximum absolute atomic E-state index is 13.2. The van der Waals surface area contributed by atoms with Crippen LogP contribution in [0.4, 0.5) is 17.2 Å². The zero-order valence-electron chi connectivity index (χ0n) is 26.1. The number of ether oxygens (including phenoxy) is 1. The summed E-state index contributed by atoms with van der Waals surface area (Å²) in [5.41, 5.74) is 1.86. The van der Waals surface area contributed by atoms with Crippen LogP contribution in [-0.2, 0) is 9.59 Å². The van der Waals surface area contributed by atoms with Gasteiger partial charge in [-0.1, -0.05) is 11.2 Å². The van der Waals surface area contributed by atoms with E-state index in [0.29, 0.717) is 66.1 Å². The fourth-order valence-electron chi connectivity index (χ4n) is 5.06. The summed E-state index contributed by atoms with van der Waals surface area (Å²) in [6, 6.07) is 6.98. The smallest absolute Gasteiger partial charge is 0.261 e.